The monoisotopic (exact) mass is 298 g/mol. The van der Waals surface area contributed by atoms with E-state index in [-0.39, 0.29) is 18.2 Å². The van der Waals surface area contributed by atoms with Crippen molar-refractivity contribution in [3.05, 3.63) is 24.3 Å². The van der Waals surface area contributed by atoms with E-state index in [1.165, 1.54) is 4.31 Å². The van der Waals surface area contributed by atoms with Gasteiger partial charge < -0.3 is 10.1 Å². The lowest BCUT2D eigenvalue weighted by Crippen LogP contribution is -2.42. The molecule has 0 radical (unpaired) electrons. The molecule has 6 nitrogen and oxygen atoms in total. The highest BCUT2D eigenvalue weighted by Gasteiger charge is 2.27. The minimum absolute atomic E-state index is 0.124. The van der Waals surface area contributed by atoms with Crippen molar-refractivity contribution < 1.29 is 17.9 Å². The van der Waals surface area contributed by atoms with Crippen LogP contribution in [0.15, 0.2) is 24.3 Å². The second kappa shape index (κ2) is 6.23. The lowest BCUT2D eigenvalue weighted by Gasteiger charge is -2.25. The summed E-state index contributed by atoms with van der Waals surface area (Å²) < 4.78 is 29.9. The highest BCUT2D eigenvalue weighted by Crippen LogP contribution is 2.17. The molecule has 20 heavy (non-hydrogen) atoms. The topological polar surface area (TPSA) is 75.7 Å². The van der Waals surface area contributed by atoms with Crippen LogP contribution in [0.2, 0.25) is 0 Å². The quantitative estimate of drug-likeness (QED) is 0.902. The molecule has 1 aromatic carbocycles. The van der Waals surface area contributed by atoms with Crippen LogP contribution in [0.4, 0.5) is 5.69 Å². The molecule has 0 atom stereocenters. The third kappa shape index (κ3) is 3.71. The van der Waals surface area contributed by atoms with Gasteiger partial charge in [-0.2, -0.15) is 4.31 Å². The van der Waals surface area contributed by atoms with Crippen LogP contribution in [0.25, 0.3) is 0 Å². The summed E-state index contributed by atoms with van der Waals surface area (Å²) in [6.45, 7) is 0.271. The number of benzene rings is 1. The zero-order valence-corrected chi connectivity index (χ0v) is 12.1. The van der Waals surface area contributed by atoms with Gasteiger partial charge in [-0.1, -0.05) is 6.07 Å². The summed E-state index contributed by atoms with van der Waals surface area (Å²) in [6, 6.07) is 6.94. The molecule has 1 amide bonds. The Hall–Kier alpha value is -1.60. The number of sulfonamides is 1. The van der Waals surface area contributed by atoms with E-state index in [1.807, 2.05) is 0 Å². The number of nitrogens with one attached hydrogen (secondary N) is 1. The van der Waals surface area contributed by atoms with Crippen LogP contribution < -0.4 is 10.1 Å². The molecule has 0 spiro atoms. The van der Waals surface area contributed by atoms with Crippen LogP contribution in [0.3, 0.4) is 0 Å². The number of methoxy groups -OCH3 is 1. The van der Waals surface area contributed by atoms with Crippen LogP contribution in [0.1, 0.15) is 12.8 Å². The Kier molecular flexibility index (Phi) is 4.61. The second-order valence-electron chi connectivity index (χ2n) is 4.64. The smallest absolute Gasteiger partial charge is 0.239 e. The zero-order valence-electron chi connectivity index (χ0n) is 11.3. The van der Waals surface area contributed by atoms with Crippen LogP contribution in [0, 0.1) is 0 Å². The Morgan fingerprint density at radius 2 is 2.20 bits per heavy atom. The highest BCUT2D eigenvalue weighted by atomic mass is 32.2. The molecule has 0 saturated carbocycles. The average Bonchev–Trinajstić information content (AvgIpc) is 2.41. The van der Waals surface area contributed by atoms with Crippen molar-refractivity contribution in [3.8, 4) is 5.75 Å². The molecule has 0 aromatic heterocycles. The van der Waals surface area contributed by atoms with Gasteiger partial charge in [0, 0.05) is 18.3 Å². The molecule has 1 N–H and O–H groups in total. The second-order valence-corrected chi connectivity index (χ2v) is 6.73. The Morgan fingerprint density at radius 3 is 2.90 bits per heavy atom. The van der Waals surface area contributed by atoms with Gasteiger partial charge >= 0.3 is 0 Å². The summed E-state index contributed by atoms with van der Waals surface area (Å²) >= 11 is 0. The summed E-state index contributed by atoms with van der Waals surface area (Å²) in [6.07, 6.45) is 1.46. The number of anilines is 1. The summed E-state index contributed by atoms with van der Waals surface area (Å²) in [5.74, 6) is 0.413. The largest absolute Gasteiger partial charge is 0.497 e. The molecule has 0 unspecified atom stereocenters. The van der Waals surface area contributed by atoms with E-state index in [4.69, 9.17) is 4.74 Å². The van der Waals surface area contributed by atoms with Crippen molar-refractivity contribution in [2.24, 2.45) is 0 Å². The maximum absolute atomic E-state index is 11.9. The van der Waals surface area contributed by atoms with Crippen molar-refractivity contribution in [1.82, 2.24) is 4.31 Å². The standard InChI is InChI=1S/C13H18N2O4S/c1-19-12-6-4-5-11(9-12)14-13(16)10-15-7-2-3-8-20(15,17)18/h4-6,9H,2-3,7-8,10H2,1H3,(H,14,16). The van der Waals surface area contributed by atoms with Crippen molar-refractivity contribution in [3.63, 3.8) is 0 Å². The molecule has 110 valence electrons. The number of amides is 1. The SMILES string of the molecule is COc1cccc(NC(=O)CN2CCCCS2(=O)=O)c1. The number of carbonyl (C=O) groups is 1. The van der Waals surface area contributed by atoms with Crippen molar-refractivity contribution in [2.45, 2.75) is 12.8 Å². The van der Waals surface area contributed by atoms with Gasteiger partial charge in [-0.3, -0.25) is 4.79 Å². The number of ether oxygens (including phenoxy) is 1. The molecule has 2 rings (SSSR count). The first-order chi connectivity index (χ1) is 9.51. The average molecular weight is 298 g/mol. The molecule has 7 heteroatoms. The first-order valence-corrected chi connectivity index (χ1v) is 8.04. The number of carbonyl (C=O) groups excluding carboxylic acids is 1. The van der Waals surface area contributed by atoms with E-state index in [1.54, 1.807) is 31.4 Å². The molecule has 1 heterocycles. The van der Waals surface area contributed by atoms with E-state index < -0.39 is 10.0 Å². The molecule has 1 aromatic rings. The Bertz CT molecular complexity index is 586. The van der Waals surface area contributed by atoms with Gasteiger partial charge in [0.1, 0.15) is 5.75 Å². The fraction of sp³-hybridized carbons (Fsp3) is 0.462. The summed E-state index contributed by atoms with van der Waals surface area (Å²) in [4.78, 5) is 11.9. The van der Waals surface area contributed by atoms with Gasteiger partial charge in [-0.05, 0) is 25.0 Å². The zero-order chi connectivity index (χ0) is 14.6. The van der Waals surface area contributed by atoms with E-state index in [0.29, 0.717) is 24.4 Å². The lowest BCUT2D eigenvalue weighted by atomic mass is 10.3. The van der Waals surface area contributed by atoms with Gasteiger partial charge in [0.05, 0.1) is 19.4 Å². The predicted octanol–water partition coefficient (Wildman–Crippen LogP) is 1.06. The van der Waals surface area contributed by atoms with Crippen LogP contribution in [-0.2, 0) is 14.8 Å². The van der Waals surface area contributed by atoms with Gasteiger partial charge in [-0.25, -0.2) is 8.42 Å². The minimum Gasteiger partial charge on any atom is -0.497 e. The molecule has 1 fully saturated rings. The van der Waals surface area contributed by atoms with Crippen LogP contribution in [0.5, 0.6) is 5.75 Å². The van der Waals surface area contributed by atoms with Gasteiger partial charge in [0.25, 0.3) is 0 Å². The number of rotatable bonds is 4. The summed E-state index contributed by atoms with van der Waals surface area (Å²) in [5.41, 5.74) is 0.587. The van der Waals surface area contributed by atoms with E-state index in [0.717, 1.165) is 6.42 Å². The first-order valence-electron chi connectivity index (χ1n) is 6.43. The third-order valence-corrected chi connectivity index (χ3v) is 5.03. The molecule has 0 bridgehead atoms. The molecule has 1 aliphatic heterocycles. The third-order valence-electron chi connectivity index (χ3n) is 3.13. The first kappa shape index (κ1) is 14.8. The van der Waals surface area contributed by atoms with E-state index in [9.17, 15) is 13.2 Å². The molecule has 0 aliphatic carbocycles. The minimum atomic E-state index is -3.28. The van der Waals surface area contributed by atoms with Crippen LogP contribution in [-0.4, -0.2) is 44.6 Å². The normalized spacial score (nSPS) is 18.4. The Labute approximate surface area is 118 Å². The van der Waals surface area contributed by atoms with Crippen molar-refractivity contribution in [2.75, 3.05) is 31.3 Å². The molecular weight excluding hydrogens is 280 g/mol. The fourth-order valence-electron chi connectivity index (χ4n) is 2.08. The summed E-state index contributed by atoms with van der Waals surface area (Å²) in [7, 11) is -1.73. The molecular formula is C13H18N2O4S. The van der Waals surface area contributed by atoms with Crippen LogP contribution >= 0.6 is 0 Å². The lowest BCUT2D eigenvalue weighted by molar-refractivity contribution is -0.116. The fourth-order valence-corrected chi connectivity index (χ4v) is 3.63. The van der Waals surface area contributed by atoms with Gasteiger partial charge in [-0.15, -0.1) is 0 Å². The predicted molar refractivity (Wildman–Crippen MR) is 76.2 cm³/mol. The maximum Gasteiger partial charge on any atom is 0.239 e. The van der Waals surface area contributed by atoms with Gasteiger partial charge in [0.15, 0.2) is 0 Å². The number of hydrogen-bond acceptors (Lipinski definition) is 4. The maximum atomic E-state index is 11.9. The van der Waals surface area contributed by atoms with E-state index in [2.05, 4.69) is 5.32 Å². The molecule has 1 saturated heterocycles. The summed E-state index contributed by atoms with van der Waals surface area (Å²) in [5, 5.41) is 2.68. The molecule has 1 aliphatic rings. The van der Waals surface area contributed by atoms with Gasteiger partial charge in [0.2, 0.25) is 15.9 Å². The van der Waals surface area contributed by atoms with E-state index >= 15 is 0 Å². The number of hydrogen-bond donors (Lipinski definition) is 1. The van der Waals surface area contributed by atoms with Crippen molar-refractivity contribution in [1.29, 1.82) is 0 Å². The Morgan fingerprint density at radius 1 is 1.40 bits per heavy atom. The van der Waals surface area contributed by atoms with Crippen molar-refractivity contribution >= 4 is 21.6 Å². The Balaban J connectivity index is 1.98. The number of nitrogens with zero attached hydrogens (tertiary/aromatic N) is 1. The highest BCUT2D eigenvalue weighted by molar-refractivity contribution is 7.89.